The van der Waals surface area contributed by atoms with E-state index in [2.05, 4.69) is 0 Å². The van der Waals surface area contributed by atoms with Crippen LogP contribution in [0.4, 0.5) is 11.4 Å². The van der Waals surface area contributed by atoms with E-state index in [9.17, 15) is 14.9 Å². The average molecular weight is 299 g/mol. The van der Waals surface area contributed by atoms with E-state index in [4.69, 9.17) is 5.73 Å². The molecule has 1 amide bonds. The summed E-state index contributed by atoms with van der Waals surface area (Å²) in [7, 11) is 1.78. The summed E-state index contributed by atoms with van der Waals surface area (Å²) in [6.07, 6.45) is 0. The lowest BCUT2D eigenvalue weighted by Crippen LogP contribution is -2.19. The van der Waals surface area contributed by atoms with Crippen LogP contribution in [0.2, 0.25) is 0 Å². The van der Waals surface area contributed by atoms with E-state index in [1.165, 1.54) is 12.1 Å². The Hall–Kier alpha value is -2.89. The van der Waals surface area contributed by atoms with Crippen molar-refractivity contribution in [2.45, 2.75) is 13.5 Å². The van der Waals surface area contributed by atoms with Crippen molar-refractivity contribution in [3.63, 3.8) is 0 Å². The molecule has 0 bridgehead atoms. The molecule has 0 radical (unpaired) electrons. The molecule has 22 heavy (non-hydrogen) atoms. The Kier molecular flexibility index (Phi) is 4.41. The number of primary amides is 1. The first-order chi connectivity index (χ1) is 10.4. The summed E-state index contributed by atoms with van der Waals surface area (Å²) < 4.78 is 0. The number of anilines is 1. The minimum Gasteiger partial charge on any atom is -0.366 e. The van der Waals surface area contributed by atoms with E-state index in [-0.39, 0.29) is 11.3 Å². The Morgan fingerprint density at radius 1 is 1.27 bits per heavy atom. The maximum absolute atomic E-state index is 11.2. The summed E-state index contributed by atoms with van der Waals surface area (Å²) >= 11 is 0. The molecule has 2 N–H and O–H groups in total. The van der Waals surface area contributed by atoms with Crippen LogP contribution >= 0.6 is 0 Å². The molecular weight excluding hydrogens is 282 g/mol. The second-order valence-corrected chi connectivity index (χ2v) is 5.11. The monoisotopic (exact) mass is 299 g/mol. The minimum absolute atomic E-state index is 0.125. The second-order valence-electron chi connectivity index (χ2n) is 5.11. The fourth-order valence-corrected chi connectivity index (χ4v) is 2.27. The quantitative estimate of drug-likeness (QED) is 0.679. The van der Waals surface area contributed by atoms with Crippen molar-refractivity contribution in [3.8, 4) is 0 Å². The molecule has 6 nitrogen and oxygen atoms in total. The van der Waals surface area contributed by atoms with Gasteiger partial charge in [0.15, 0.2) is 0 Å². The predicted octanol–water partition coefficient (Wildman–Crippen LogP) is 2.64. The SMILES string of the molecule is Cc1ccccc1CN(C)c1ccc(C(N)=O)cc1[N+](=O)[O-]. The Bertz CT molecular complexity index is 728. The highest BCUT2D eigenvalue weighted by molar-refractivity contribution is 5.94. The van der Waals surface area contributed by atoms with E-state index in [0.717, 1.165) is 11.1 Å². The number of aryl methyl sites for hydroxylation is 1. The molecule has 0 aromatic heterocycles. The summed E-state index contributed by atoms with van der Waals surface area (Å²) in [4.78, 5) is 23.7. The molecule has 0 unspecified atom stereocenters. The Labute approximate surface area is 128 Å². The first-order valence-electron chi connectivity index (χ1n) is 6.74. The van der Waals surface area contributed by atoms with E-state index in [0.29, 0.717) is 12.2 Å². The first kappa shape index (κ1) is 15.5. The van der Waals surface area contributed by atoms with E-state index in [1.807, 2.05) is 31.2 Å². The summed E-state index contributed by atoms with van der Waals surface area (Å²) in [5.41, 5.74) is 7.81. The highest BCUT2D eigenvalue weighted by atomic mass is 16.6. The maximum atomic E-state index is 11.2. The van der Waals surface area contributed by atoms with Crippen molar-refractivity contribution in [1.82, 2.24) is 0 Å². The van der Waals surface area contributed by atoms with Gasteiger partial charge in [0.25, 0.3) is 5.69 Å². The molecule has 2 rings (SSSR count). The average Bonchev–Trinajstić information content (AvgIpc) is 2.48. The van der Waals surface area contributed by atoms with Crippen LogP contribution in [0.1, 0.15) is 21.5 Å². The van der Waals surface area contributed by atoms with Crippen molar-refractivity contribution < 1.29 is 9.72 Å². The lowest BCUT2D eigenvalue weighted by atomic mass is 10.1. The van der Waals surface area contributed by atoms with Crippen LogP contribution in [-0.2, 0) is 6.54 Å². The van der Waals surface area contributed by atoms with Gasteiger partial charge >= 0.3 is 0 Å². The second kappa shape index (κ2) is 6.26. The van der Waals surface area contributed by atoms with Gasteiger partial charge in [0.05, 0.1) is 4.92 Å². The van der Waals surface area contributed by atoms with Crippen LogP contribution in [0.15, 0.2) is 42.5 Å². The van der Waals surface area contributed by atoms with Crippen LogP contribution in [0.25, 0.3) is 0 Å². The van der Waals surface area contributed by atoms with Crippen molar-refractivity contribution in [1.29, 1.82) is 0 Å². The molecule has 0 spiro atoms. The standard InChI is InChI=1S/C16H17N3O3/c1-11-5-3-4-6-13(11)10-18(2)14-8-7-12(16(17)20)9-15(14)19(21)22/h3-9H,10H2,1-2H3,(H2,17,20). The molecule has 2 aromatic carbocycles. The highest BCUT2D eigenvalue weighted by Crippen LogP contribution is 2.29. The van der Waals surface area contributed by atoms with Gasteiger partial charge in [0, 0.05) is 25.2 Å². The van der Waals surface area contributed by atoms with Gasteiger partial charge in [-0.2, -0.15) is 0 Å². The van der Waals surface area contributed by atoms with Gasteiger partial charge in [-0.1, -0.05) is 24.3 Å². The van der Waals surface area contributed by atoms with Crippen molar-refractivity contribution in [2.75, 3.05) is 11.9 Å². The summed E-state index contributed by atoms with van der Waals surface area (Å²) in [5.74, 6) is -0.684. The largest absolute Gasteiger partial charge is 0.366 e. The zero-order valence-corrected chi connectivity index (χ0v) is 12.4. The van der Waals surface area contributed by atoms with E-state index < -0.39 is 10.8 Å². The molecule has 0 aliphatic heterocycles. The molecule has 0 atom stereocenters. The fraction of sp³-hybridized carbons (Fsp3) is 0.188. The third-order valence-corrected chi connectivity index (χ3v) is 3.54. The zero-order valence-electron chi connectivity index (χ0n) is 12.4. The normalized spacial score (nSPS) is 10.3. The van der Waals surface area contributed by atoms with Crippen LogP contribution in [0.3, 0.4) is 0 Å². The summed E-state index contributed by atoms with van der Waals surface area (Å²) in [6, 6.07) is 12.1. The lowest BCUT2D eigenvalue weighted by molar-refractivity contribution is -0.384. The Morgan fingerprint density at radius 2 is 1.95 bits per heavy atom. The number of benzene rings is 2. The molecule has 0 saturated carbocycles. The van der Waals surface area contributed by atoms with Gasteiger partial charge in [-0.3, -0.25) is 14.9 Å². The third kappa shape index (κ3) is 3.22. The number of hydrogen-bond acceptors (Lipinski definition) is 4. The van der Waals surface area contributed by atoms with Crippen LogP contribution in [-0.4, -0.2) is 17.9 Å². The van der Waals surface area contributed by atoms with Gasteiger partial charge in [-0.25, -0.2) is 0 Å². The summed E-state index contributed by atoms with van der Waals surface area (Å²) in [6.45, 7) is 2.53. The molecule has 2 aromatic rings. The van der Waals surface area contributed by atoms with Crippen molar-refractivity contribution in [2.24, 2.45) is 5.73 Å². The van der Waals surface area contributed by atoms with Gasteiger partial charge in [0.2, 0.25) is 5.91 Å². The fourth-order valence-electron chi connectivity index (χ4n) is 2.27. The zero-order chi connectivity index (χ0) is 16.3. The minimum atomic E-state index is -0.684. The van der Waals surface area contributed by atoms with Gasteiger partial charge in [-0.15, -0.1) is 0 Å². The lowest BCUT2D eigenvalue weighted by Gasteiger charge is -2.20. The topological polar surface area (TPSA) is 89.5 Å². The number of carbonyl (C=O) groups excluding carboxylic acids is 1. The number of amides is 1. The third-order valence-electron chi connectivity index (χ3n) is 3.54. The highest BCUT2D eigenvalue weighted by Gasteiger charge is 2.19. The van der Waals surface area contributed by atoms with Crippen LogP contribution in [0, 0.1) is 17.0 Å². The number of nitrogens with two attached hydrogens (primary N) is 1. The van der Waals surface area contributed by atoms with Crippen LogP contribution < -0.4 is 10.6 Å². The van der Waals surface area contributed by atoms with Gasteiger partial charge in [-0.05, 0) is 30.2 Å². The molecule has 0 aliphatic carbocycles. The summed E-state index contributed by atoms with van der Waals surface area (Å²) in [5, 5.41) is 11.2. The predicted molar refractivity (Wildman–Crippen MR) is 84.9 cm³/mol. The Morgan fingerprint density at radius 3 is 2.55 bits per heavy atom. The molecule has 6 heteroatoms. The number of rotatable bonds is 5. The van der Waals surface area contributed by atoms with E-state index in [1.54, 1.807) is 18.0 Å². The van der Waals surface area contributed by atoms with E-state index >= 15 is 0 Å². The number of nitro benzene ring substituents is 1. The number of carbonyl (C=O) groups is 1. The molecular formula is C16H17N3O3. The number of nitro groups is 1. The van der Waals surface area contributed by atoms with Gasteiger partial charge < -0.3 is 10.6 Å². The molecule has 0 aliphatic rings. The molecule has 0 heterocycles. The van der Waals surface area contributed by atoms with Crippen molar-refractivity contribution >= 4 is 17.3 Å². The number of nitrogens with zero attached hydrogens (tertiary/aromatic N) is 2. The number of hydrogen-bond donors (Lipinski definition) is 1. The van der Waals surface area contributed by atoms with Gasteiger partial charge in [0.1, 0.15) is 5.69 Å². The smallest absolute Gasteiger partial charge is 0.293 e. The van der Waals surface area contributed by atoms with Crippen molar-refractivity contribution in [3.05, 3.63) is 69.3 Å². The molecule has 0 fully saturated rings. The first-order valence-corrected chi connectivity index (χ1v) is 6.74. The Balaban J connectivity index is 2.37. The molecule has 114 valence electrons. The molecule has 0 saturated heterocycles. The van der Waals surface area contributed by atoms with Crippen LogP contribution in [0.5, 0.6) is 0 Å². The maximum Gasteiger partial charge on any atom is 0.293 e.